The second-order valence-corrected chi connectivity index (χ2v) is 8.78. The Balaban J connectivity index is 1.47. The summed E-state index contributed by atoms with van der Waals surface area (Å²) in [6, 6.07) is 10.6. The normalized spacial score (nSPS) is 13.0. The number of carbonyl (C=O) groups is 1. The van der Waals surface area contributed by atoms with E-state index in [2.05, 4.69) is 15.0 Å². The van der Waals surface area contributed by atoms with Crippen LogP contribution in [0.25, 0.3) is 0 Å². The van der Waals surface area contributed by atoms with Gasteiger partial charge in [0.15, 0.2) is 16.6 Å². The summed E-state index contributed by atoms with van der Waals surface area (Å²) in [6.07, 6.45) is 0. The van der Waals surface area contributed by atoms with E-state index in [4.69, 9.17) is 9.47 Å². The van der Waals surface area contributed by atoms with Gasteiger partial charge in [0.1, 0.15) is 13.2 Å². The van der Waals surface area contributed by atoms with Gasteiger partial charge >= 0.3 is 0 Å². The highest BCUT2D eigenvalue weighted by Gasteiger charge is 2.19. The monoisotopic (exact) mass is 431 g/mol. The summed E-state index contributed by atoms with van der Waals surface area (Å²) in [5.74, 6) is 0.588. The van der Waals surface area contributed by atoms with E-state index in [0.717, 1.165) is 5.69 Å². The van der Waals surface area contributed by atoms with Crippen LogP contribution in [0.1, 0.15) is 16.1 Å². The molecule has 1 aromatic heterocycles. The van der Waals surface area contributed by atoms with E-state index in [1.54, 1.807) is 6.07 Å². The number of anilines is 2. The Labute approximate surface area is 171 Å². The summed E-state index contributed by atoms with van der Waals surface area (Å²) in [7, 11) is -3.82. The molecule has 150 valence electrons. The van der Waals surface area contributed by atoms with E-state index in [9.17, 15) is 13.2 Å². The van der Waals surface area contributed by atoms with E-state index in [0.29, 0.717) is 41.1 Å². The van der Waals surface area contributed by atoms with E-state index in [1.165, 1.54) is 47.7 Å². The second kappa shape index (κ2) is 7.72. The number of hydrogen-bond acceptors (Lipinski definition) is 7. The molecule has 1 aliphatic rings. The van der Waals surface area contributed by atoms with Gasteiger partial charge < -0.3 is 9.47 Å². The predicted molar refractivity (Wildman–Crippen MR) is 109 cm³/mol. The van der Waals surface area contributed by atoms with E-state index in [1.807, 2.05) is 12.3 Å². The summed E-state index contributed by atoms with van der Waals surface area (Å²) < 4.78 is 38.6. The predicted octanol–water partition coefficient (Wildman–Crippen LogP) is 3.28. The number of nitrogens with one attached hydrogen (secondary N) is 2. The van der Waals surface area contributed by atoms with Gasteiger partial charge in [-0.15, -0.1) is 11.3 Å². The summed E-state index contributed by atoms with van der Waals surface area (Å²) in [5.41, 5.74) is 1.55. The number of hydrogen-bond donors (Lipinski definition) is 2. The Morgan fingerprint density at radius 2 is 1.79 bits per heavy atom. The van der Waals surface area contributed by atoms with Gasteiger partial charge in [0.05, 0.1) is 10.6 Å². The van der Waals surface area contributed by atoms with E-state index >= 15 is 0 Å². The van der Waals surface area contributed by atoms with Gasteiger partial charge in [0.25, 0.3) is 15.9 Å². The number of fused-ring (bicyclic) bond motifs is 1. The number of thiazole rings is 1. The fourth-order valence-corrected chi connectivity index (χ4v) is 4.43. The zero-order valence-corrected chi connectivity index (χ0v) is 17.0. The van der Waals surface area contributed by atoms with Crippen molar-refractivity contribution in [2.75, 3.05) is 23.3 Å². The number of benzene rings is 2. The molecule has 29 heavy (non-hydrogen) atoms. The van der Waals surface area contributed by atoms with Crippen LogP contribution in [0.5, 0.6) is 11.5 Å². The largest absolute Gasteiger partial charge is 0.486 e. The Hall–Kier alpha value is -3.11. The molecule has 0 aliphatic carbocycles. The van der Waals surface area contributed by atoms with Crippen molar-refractivity contribution in [3.63, 3.8) is 0 Å². The summed E-state index contributed by atoms with van der Waals surface area (Å²) in [5, 5.41) is 5.05. The molecule has 2 aromatic carbocycles. The van der Waals surface area contributed by atoms with Gasteiger partial charge in [0.2, 0.25) is 0 Å². The lowest BCUT2D eigenvalue weighted by Crippen LogP contribution is -2.17. The maximum atomic E-state index is 12.7. The summed E-state index contributed by atoms with van der Waals surface area (Å²) >= 11 is 1.34. The smallest absolute Gasteiger partial charge is 0.262 e. The molecule has 0 unspecified atom stereocenters. The molecule has 2 N–H and O–H groups in total. The lowest BCUT2D eigenvalue weighted by Gasteiger charge is -2.19. The van der Waals surface area contributed by atoms with Gasteiger partial charge in [-0.05, 0) is 43.3 Å². The molecule has 3 aromatic rings. The van der Waals surface area contributed by atoms with Crippen molar-refractivity contribution in [3.05, 3.63) is 59.1 Å². The number of carbonyl (C=O) groups excluding carboxylic acids is 1. The minimum atomic E-state index is -3.82. The van der Waals surface area contributed by atoms with E-state index < -0.39 is 10.0 Å². The number of aromatic nitrogens is 1. The fraction of sp³-hybridized carbons (Fsp3) is 0.158. The average molecular weight is 431 g/mol. The minimum Gasteiger partial charge on any atom is -0.486 e. The fourth-order valence-electron chi connectivity index (χ4n) is 2.68. The first-order valence-corrected chi connectivity index (χ1v) is 11.0. The maximum Gasteiger partial charge on any atom is 0.262 e. The number of ether oxygens (including phenoxy) is 2. The van der Waals surface area contributed by atoms with Crippen molar-refractivity contribution >= 4 is 38.1 Å². The molecule has 0 saturated carbocycles. The highest BCUT2D eigenvalue weighted by molar-refractivity contribution is 7.92. The maximum absolute atomic E-state index is 12.7. The zero-order valence-electron chi connectivity index (χ0n) is 15.3. The molecule has 2 heterocycles. The van der Waals surface area contributed by atoms with Crippen LogP contribution in [-0.4, -0.2) is 32.5 Å². The first kappa shape index (κ1) is 19.2. The summed E-state index contributed by atoms with van der Waals surface area (Å²) in [6.45, 7) is 2.64. The second-order valence-electron chi connectivity index (χ2n) is 6.24. The van der Waals surface area contributed by atoms with Gasteiger partial charge in [-0.1, -0.05) is 0 Å². The lowest BCUT2D eigenvalue weighted by molar-refractivity contribution is 0.102. The molecule has 10 heteroatoms. The van der Waals surface area contributed by atoms with Crippen molar-refractivity contribution < 1.29 is 22.7 Å². The van der Waals surface area contributed by atoms with Gasteiger partial charge in [0, 0.05) is 22.7 Å². The zero-order chi connectivity index (χ0) is 20.4. The SMILES string of the molecule is Cc1csc(NC(=O)c2ccc(NS(=O)(=O)c3ccc4c(c3)OCCO4)cc2)n1. The van der Waals surface area contributed by atoms with Crippen LogP contribution in [0, 0.1) is 6.92 Å². The number of rotatable bonds is 5. The Morgan fingerprint density at radius 3 is 2.48 bits per heavy atom. The minimum absolute atomic E-state index is 0.0581. The quantitative estimate of drug-likeness (QED) is 0.642. The van der Waals surface area contributed by atoms with Gasteiger partial charge in [-0.25, -0.2) is 13.4 Å². The Morgan fingerprint density at radius 1 is 1.07 bits per heavy atom. The van der Waals surface area contributed by atoms with Crippen LogP contribution in [0.4, 0.5) is 10.8 Å². The molecule has 0 bridgehead atoms. The standard InChI is InChI=1S/C19H17N3O5S2/c1-12-11-28-19(20-12)21-18(23)13-2-4-14(5-3-13)22-29(24,25)15-6-7-16-17(10-15)27-9-8-26-16/h2-7,10-11,22H,8-9H2,1H3,(H,20,21,23). The molecule has 0 fully saturated rings. The highest BCUT2D eigenvalue weighted by atomic mass is 32.2. The molecular formula is C19H17N3O5S2. The first-order valence-electron chi connectivity index (χ1n) is 8.67. The van der Waals surface area contributed by atoms with Crippen LogP contribution in [0.2, 0.25) is 0 Å². The van der Waals surface area contributed by atoms with Crippen LogP contribution in [0.3, 0.4) is 0 Å². The Bertz CT molecular complexity index is 1160. The number of sulfonamides is 1. The highest BCUT2D eigenvalue weighted by Crippen LogP contribution is 2.32. The third-order valence-corrected chi connectivity index (χ3v) is 6.32. The first-order chi connectivity index (χ1) is 13.9. The van der Waals surface area contributed by atoms with Crippen molar-refractivity contribution in [1.82, 2.24) is 4.98 Å². The van der Waals surface area contributed by atoms with Gasteiger partial charge in [-0.2, -0.15) is 0 Å². The molecule has 0 radical (unpaired) electrons. The molecular weight excluding hydrogens is 414 g/mol. The van der Waals surface area contributed by atoms with Crippen LogP contribution in [-0.2, 0) is 10.0 Å². The average Bonchev–Trinajstić information content (AvgIpc) is 3.12. The van der Waals surface area contributed by atoms with Crippen LogP contribution >= 0.6 is 11.3 Å². The van der Waals surface area contributed by atoms with Crippen LogP contribution < -0.4 is 19.5 Å². The lowest BCUT2D eigenvalue weighted by atomic mass is 10.2. The molecule has 0 atom stereocenters. The molecule has 1 aliphatic heterocycles. The van der Waals surface area contributed by atoms with Crippen molar-refractivity contribution in [2.45, 2.75) is 11.8 Å². The number of aryl methyl sites for hydroxylation is 1. The summed E-state index contributed by atoms with van der Waals surface area (Å²) in [4.78, 5) is 16.5. The third-order valence-electron chi connectivity index (χ3n) is 4.06. The van der Waals surface area contributed by atoms with Crippen molar-refractivity contribution in [2.24, 2.45) is 0 Å². The molecule has 4 rings (SSSR count). The van der Waals surface area contributed by atoms with Crippen LogP contribution in [0.15, 0.2) is 52.7 Å². The molecule has 8 nitrogen and oxygen atoms in total. The molecule has 0 saturated heterocycles. The topological polar surface area (TPSA) is 107 Å². The van der Waals surface area contributed by atoms with Crippen molar-refractivity contribution in [1.29, 1.82) is 0 Å². The van der Waals surface area contributed by atoms with Crippen molar-refractivity contribution in [3.8, 4) is 11.5 Å². The number of nitrogens with zero attached hydrogens (tertiary/aromatic N) is 1. The van der Waals surface area contributed by atoms with Gasteiger partial charge in [-0.3, -0.25) is 14.8 Å². The molecule has 0 spiro atoms. The third kappa shape index (κ3) is 4.33. The molecule has 1 amide bonds. The Kier molecular flexibility index (Phi) is 5.12. The number of amides is 1. The van der Waals surface area contributed by atoms with E-state index in [-0.39, 0.29) is 10.8 Å².